The van der Waals surface area contributed by atoms with Crippen LogP contribution in [0.25, 0.3) is 0 Å². The summed E-state index contributed by atoms with van der Waals surface area (Å²) in [7, 11) is 0. The summed E-state index contributed by atoms with van der Waals surface area (Å²) in [5.41, 5.74) is 0.580. The Morgan fingerprint density at radius 3 is 2.36 bits per heavy atom. The summed E-state index contributed by atoms with van der Waals surface area (Å²) in [5.74, 6) is 1.32. The summed E-state index contributed by atoms with van der Waals surface area (Å²) in [5, 5.41) is 8.70. The van der Waals surface area contributed by atoms with E-state index in [0.29, 0.717) is 30.3 Å². The molecule has 0 radical (unpaired) electrons. The third kappa shape index (κ3) is 2.40. The number of benzene rings is 1. The third-order valence-electron chi connectivity index (χ3n) is 1.67. The van der Waals surface area contributed by atoms with Gasteiger partial charge in [0, 0.05) is 6.07 Å². The number of nitriles is 1. The van der Waals surface area contributed by atoms with Gasteiger partial charge in [-0.25, -0.2) is 0 Å². The molecule has 1 aromatic carbocycles. The summed E-state index contributed by atoms with van der Waals surface area (Å²) in [6, 6.07) is 7.22. The fraction of sp³-hybridized carbons (Fsp3) is 0.364. The van der Waals surface area contributed by atoms with Gasteiger partial charge >= 0.3 is 0 Å². The monoisotopic (exact) mass is 191 g/mol. The first-order valence-corrected chi connectivity index (χ1v) is 4.61. The van der Waals surface area contributed by atoms with Crippen LogP contribution in [0.5, 0.6) is 11.5 Å². The van der Waals surface area contributed by atoms with E-state index in [9.17, 15) is 0 Å². The first-order valence-electron chi connectivity index (χ1n) is 4.61. The van der Waals surface area contributed by atoms with Crippen LogP contribution in [-0.4, -0.2) is 13.2 Å². The van der Waals surface area contributed by atoms with Gasteiger partial charge in [0.2, 0.25) is 0 Å². The first-order chi connectivity index (χ1) is 6.81. The number of ether oxygens (including phenoxy) is 2. The van der Waals surface area contributed by atoms with Gasteiger partial charge < -0.3 is 9.47 Å². The third-order valence-corrected chi connectivity index (χ3v) is 1.67. The lowest BCUT2D eigenvalue weighted by Crippen LogP contribution is -1.98. The topological polar surface area (TPSA) is 42.2 Å². The molecule has 74 valence electrons. The zero-order valence-corrected chi connectivity index (χ0v) is 8.41. The zero-order chi connectivity index (χ0) is 10.4. The molecule has 3 nitrogen and oxygen atoms in total. The van der Waals surface area contributed by atoms with Gasteiger partial charge in [-0.2, -0.15) is 5.26 Å². The van der Waals surface area contributed by atoms with Crippen LogP contribution < -0.4 is 9.47 Å². The smallest absolute Gasteiger partial charge is 0.162 e. The maximum absolute atomic E-state index is 8.70. The van der Waals surface area contributed by atoms with E-state index >= 15 is 0 Å². The fourth-order valence-electron chi connectivity index (χ4n) is 1.12. The summed E-state index contributed by atoms with van der Waals surface area (Å²) >= 11 is 0. The molecule has 0 N–H and O–H groups in total. The molecular weight excluding hydrogens is 178 g/mol. The Labute approximate surface area is 83.9 Å². The number of rotatable bonds is 4. The normalized spacial score (nSPS) is 9.21. The molecule has 0 saturated heterocycles. The average Bonchev–Trinajstić information content (AvgIpc) is 2.21. The Balaban J connectivity index is 2.98. The molecule has 0 amide bonds. The summed E-state index contributed by atoms with van der Waals surface area (Å²) < 4.78 is 10.7. The van der Waals surface area contributed by atoms with Crippen molar-refractivity contribution in [3.8, 4) is 17.6 Å². The van der Waals surface area contributed by atoms with Crippen molar-refractivity contribution in [2.24, 2.45) is 0 Å². The zero-order valence-electron chi connectivity index (χ0n) is 8.41. The quantitative estimate of drug-likeness (QED) is 0.733. The van der Waals surface area contributed by atoms with Crippen molar-refractivity contribution in [3.63, 3.8) is 0 Å². The van der Waals surface area contributed by atoms with E-state index in [1.807, 2.05) is 13.8 Å². The van der Waals surface area contributed by atoms with E-state index < -0.39 is 0 Å². The van der Waals surface area contributed by atoms with Crippen LogP contribution in [0, 0.1) is 11.3 Å². The highest BCUT2D eigenvalue weighted by Gasteiger charge is 2.04. The molecule has 1 aromatic rings. The minimum atomic E-state index is 0.564. The number of nitrogens with zero attached hydrogens (tertiary/aromatic N) is 1. The Kier molecular flexibility index (Phi) is 3.81. The van der Waals surface area contributed by atoms with Crippen LogP contribution in [0.15, 0.2) is 18.2 Å². The second-order valence-corrected chi connectivity index (χ2v) is 2.64. The molecular formula is C11H13NO2. The molecule has 0 heterocycles. The van der Waals surface area contributed by atoms with E-state index in [1.54, 1.807) is 18.2 Å². The highest BCUT2D eigenvalue weighted by Crippen LogP contribution is 2.28. The Hall–Kier alpha value is -1.69. The van der Waals surface area contributed by atoms with Gasteiger partial charge in [0.25, 0.3) is 0 Å². The van der Waals surface area contributed by atoms with Crippen LogP contribution in [0.1, 0.15) is 19.4 Å². The Bertz CT molecular complexity index is 342. The van der Waals surface area contributed by atoms with Gasteiger partial charge in [-0.3, -0.25) is 0 Å². The molecule has 0 spiro atoms. The van der Waals surface area contributed by atoms with Crippen LogP contribution in [0.4, 0.5) is 0 Å². The van der Waals surface area contributed by atoms with Crippen LogP contribution >= 0.6 is 0 Å². The molecule has 0 atom stereocenters. The van der Waals surface area contributed by atoms with Crippen LogP contribution in [0.3, 0.4) is 0 Å². The predicted octanol–water partition coefficient (Wildman–Crippen LogP) is 2.36. The van der Waals surface area contributed by atoms with Crippen molar-refractivity contribution in [2.75, 3.05) is 13.2 Å². The fourth-order valence-corrected chi connectivity index (χ4v) is 1.12. The van der Waals surface area contributed by atoms with Crippen molar-refractivity contribution >= 4 is 0 Å². The molecule has 0 fully saturated rings. The lowest BCUT2D eigenvalue weighted by molar-refractivity contribution is 0.287. The maximum Gasteiger partial charge on any atom is 0.162 e. The van der Waals surface area contributed by atoms with Crippen molar-refractivity contribution in [2.45, 2.75) is 13.8 Å². The van der Waals surface area contributed by atoms with E-state index in [-0.39, 0.29) is 0 Å². The van der Waals surface area contributed by atoms with Crippen molar-refractivity contribution < 1.29 is 9.47 Å². The van der Waals surface area contributed by atoms with Crippen molar-refractivity contribution in [1.29, 1.82) is 5.26 Å². The van der Waals surface area contributed by atoms with Crippen LogP contribution in [-0.2, 0) is 0 Å². The lowest BCUT2D eigenvalue weighted by atomic mass is 10.2. The molecule has 0 aliphatic carbocycles. The van der Waals surface area contributed by atoms with Gasteiger partial charge in [-0.1, -0.05) is 0 Å². The molecule has 1 rings (SSSR count). The Morgan fingerprint density at radius 1 is 1.14 bits per heavy atom. The molecule has 0 aliphatic heterocycles. The summed E-state index contributed by atoms with van der Waals surface area (Å²) in [4.78, 5) is 0. The van der Waals surface area contributed by atoms with Crippen molar-refractivity contribution in [3.05, 3.63) is 23.8 Å². The average molecular weight is 191 g/mol. The van der Waals surface area contributed by atoms with Crippen LogP contribution in [0.2, 0.25) is 0 Å². The van der Waals surface area contributed by atoms with Crippen molar-refractivity contribution in [1.82, 2.24) is 0 Å². The van der Waals surface area contributed by atoms with Gasteiger partial charge in [-0.05, 0) is 26.0 Å². The summed E-state index contributed by atoms with van der Waals surface area (Å²) in [6.45, 7) is 4.96. The SMILES string of the molecule is CCOc1ccc(C#N)cc1OCC. The lowest BCUT2D eigenvalue weighted by Gasteiger charge is -2.10. The van der Waals surface area contributed by atoms with Gasteiger partial charge in [0.15, 0.2) is 11.5 Å². The highest BCUT2D eigenvalue weighted by molar-refractivity contribution is 5.46. The first kappa shape index (κ1) is 10.4. The van der Waals surface area contributed by atoms with Gasteiger partial charge in [-0.15, -0.1) is 0 Å². The van der Waals surface area contributed by atoms with E-state index in [1.165, 1.54) is 0 Å². The minimum Gasteiger partial charge on any atom is -0.490 e. The Morgan fingerprint density at radius 2 is 1.79 bits per heavy atom. The standard InChI is InChI=1S/C11H13NO2/c1-3-13-10-6-5-9(8-12)7-11(10)14-4-2/h5-7H,3-4H2,1-2H3. The molecule has 0 bridgehead atoms. The summed E-state index contributed by atoms with van der Waals surface area (Å²) in [6.07, 6.45) is 0. The maximum atomic E-state index is 8.70. The molecule has 0 aromatic heterocycles. The second-order valence-electron chi connectivity index (χ2n) is 2.64. The largest absolute Gasteiger partial charge is 0.490 e. The van der Waals surface area contributed by atoms with Gasteiger partial charge in [0.1, 0.15) is 0 Å². The molecule has 3 heteroatoms. The predicted molar refractivity (Wildman–Crippen MR) is 53.5 cm³/mol. The van der Waals surface area contributed by atoms with E-state index in [0.717, 1.165) is 0 Å². The number of hydrogen-bond donors (Lipinski definition) is 0. The molecule has 0 unspecified atom stereocenters. The second kappa shape index (κ2) is 5.13. The highest BCUT2D eigenvalue weighted by atomic mass is 16.5. The molecule has 0 saturated carbocycles. The number of hydrogen-bond acceptors (Lipinski definition) is 3. The van der Waals surface area contributed by atoms with E-state index in [2.05, 4.69) is 6.07 Å². The minimum absolute atomic E-state index is 0.564. The van der Waals surface area contributed by atoms with E-state index in [4.69, 9.17) is 14.7 Å². The van der Waals surface area contributed by atoms with Gasteiger partial charge in [0.05, 0.1) is 24.8 Å². The molecule has 0 aliphatic rings. The molecule has 14 heavy (non-hydrogen) atoms.